The first-order valence-corrected chi connectivity index (χ1v) is 17.9. The summed E-state index contributed by atoms with van der Waals surface area (Å²) in [5, 5.41) is 4.02. The minimum absolute atomic E-state index is 0.0864. The highest BCUT2D eigenvalue weighted by Crippen LogP contribution is 2.38. The number of allylic oxidation sites excluding steroid dienone is 5. The number of anilines is 1. The third-order valence-electron chi connectivity index (χ3n) is 10.4. The Morgan fingerprint density at radius 2 is 1.76 bits per heavy atom. The van der Waals surface area contributed by atoms with E-state index >= 15 is 0 Å². The summed E-state index contributed by atoms with van der Waals surface area (Å²) in [5.41, 5.74) is 3.24. The van der Waals surface area contributed by atoms with E-state index in [4.69, 9.17) is 28.2 Å². The van der Waals surface area contributed by atoms with E-state index in [-0.39, 0.29) is 11.8 Å². The zero-order chi connectivity index (χ0) is 32.8. The molecule has 1 aromatic rings. The molecule has 3 saturated heterocycles. The van der Waals surface area contributed by atoms with Crippen molar-refractivity contribution in [3.05, 3.63) is 57.0 Å². The third kappa shape index (κ3) is 8.23. The average molecular weight is 670 g/mol. The lowest BCUT2D eigenvalue weighted by atomic mass is 9.86. The van der Waals surface area contributed by atoms with Gasteiger partial charge in [0.15, 0.2) is 0 Å². The van der Waals surface area contributed by atoms with Crippen LogP contribution in [0.25, 0.3) is 0 Å². The molecule has 4 fully saturated rings. The van der Waals surface area contributed by atoms with Crippen molar-refractivity contribution >= 4 is 47.0 Å². The molecule has 10 heteroatoms. The quantitative estimate of drug-likeness (QED) is 0.135. The maximum absolute atomic E-state index is 13.3. The topological polar surface area (TPSA) is 81.1 Å². The summed E-state index contributed by atoms with van der Waals surface area (Å²) in [6.07, 6.45) is 17.3. The molecule has 8 nitrogen and oxygen atoms in total. The standard InChI is InChI=1S/C36H50Cl2N6O2/c1-5-30(37)18-24(2)34(25(3)43-21-28-10-9-15-44(33(28)22-43)31-11-7-6-8-12-31)40-26(4)41-36(46)29-19-32(38)35(39-20-29)42-16-13-27(23-45)14-17-42/h5,18-20,23,27-28,31,33H,6-17,21-22H2,1-4H3,(H,40,41,46)/b24-18+,30-5+,34-25+. The molecule has 4 heterocycles. The van der Waals surface area contributed by atoms with Crippen LogP contribution in [0.2, 0.25) is 5.02 Å². The predicted octanol–water partition coefficient (Wildman–Crippen LogP) is 7.35. The van der Waals surface area contributed by atoms with E-state index in [1.165, 1.54) is 51.5 Å². The number of carbonyl (C=O) groups excluding carboxylic acids is 2. The number of aromatic nitrogens is 1. The van der Waals surface area contributed by atoms with Crippen LogP contribution in [-0.4, -0.2) is 77.6 Å². The fourth-order valence-corrected chi connectivity index (χ4v) is 8.23. The summed E-state index contributed by atoms with van der Waals surface area (Å²) in [7, 11) is 0. The molecule has 1 aromatic heterocycles. The number of hydrogen-bond acceptors (Lipinski definition) is 7. The number of pyridine rings is 1. The van der Waals surface area contributed by atoms with Gasteiger partial charge in [0.25, 0.3) is 5.91 Å². The van der Waals surface area contributed by atoms with Crippen molar-refractivity contribution in [3.63, 3.8) is 0 Å². The van der Waals surface area contributed by atoms with Gasteiger partial charge in [-0.25, -0.2) is 9.98 Å². The molecule has 2 unspecified atom stereocenters. The van der Waals surface area contributed by atoms with Gasteiger partial charge in [0.05, 0.1) is 16.3 Å². The molecule has 1 aliphatic carbocycles. The Balaban J connectivity index is 1.34. The fraction of sp³-hybridized carbons (Fsp3) is 0.611. The van der Waals surface area contributed by atoms with Crippen LogP contribution < -0.4 is 10.2 Å². The maximum atomic E-state index is 13.3. The predicted molar refractivity (Wildman–Crippen MR) is 189 cm³/mol. The van der Waals surface area contributed by atoms with Crippen molar-refractivity contribution in [1.82, 2.24) is 20.1 Å². The number of amidine groups is 1. The molecule has 4 aliphatic rings. The fourth-order valence-electron chi connectivity index (χ4n) is 7.79. The van der Waals surface area contributed by atoms with Gasteiger partial charge < -0.3 is 19.9 Å². The summed E-state index contributed by atoms with van der Waals surface area (Å²) < 4.78 is 0. The SMILES string of the molecule is C\C=C(Cl)/C=C(C)/C(N=C(C)NC(=O)c1cnc(N2CCC(C=O)CC2)c(Cl)c1)=C(/C)N1CC2CCCN(C3CCCCC3)C2C1. The molecule has 0 spiro atoms. The van der Waals surface area contributed by atoms with Crippen LogP contribution in [0.5, 0.6) is 0 Å². The van der Waals surface area contributed by atoms with Gasteiger partial charge in [-0.3, -0.25) is 9.69 Å². The molecular formula is C36H50Cl2N6O2. The Labute approximate surface area is 285 Å². The molecule has 1 N–H and O–H groups in total. The number of nitrogens with one attached hydrogen (secondary N) is 1. The van der Waals surface area contributed by atoms with Gasteiger partial charge in [-0.05, 0) is 96.4 Å². The Morgan fingerprint density at radius 3 is 2.43 bits per heavy atom. The van der Waals surface area contributed by atoms with E-state index in [0.29, 0.717) is 52.3 Å². The second-order valence-electron chi connectivity index (χ2n) is 13.5. The summed E-state index contributed by atoms with van der Waals surface area (Å²) in [6.45, 7) is 12.6. The molecule has 3 aliphatic heterocycles. The molecule has 0 aromatic carbocycles. The van der Waals surface area contributed by atoms with Crippen molar-refractivity contribution in [1.29, 1.82) is 0 Å². The number of halogens is 2. The van der Waals surface area contributed by atoms with Gasteiger partial charge in [0.1, 0.15) is 17.9 Å². The van der Waals surface area contributed by atoms with E-state index in [2.05, 4.69) is 31.9 Å². The summed E-state index contributed by atoms with van der Waals surface area (Å²) >= 11 is 13.1. The van der Waals surface area contributed by atoms with Gasteiger partial charge >= 0.3 is 0 Å². The van der Waals surface area contributed by atoms with Crippen LogP contribution in [0.4, 0.5) is 5.82 Å². The van der Waals surface area contributed by atoms with Gasteiger partial charge in [-0.2, -0.15) is 0 Å². The molecule has 46 heavy (non-hydrogen) atoms. The molecular weight excluding hydrogens is 619 g/mol. The van der Waals surface area contributed by atoms with Crippen molar-refractivity contribution in [2.24, 2.45) is 16.8 Å². The number of rotatable bonds is 8. The third-order valence-corrected chi connectivity index (χ3v) is 11.0. The monoisotopic (exact) mass is 668 g/mol. The second-order valence-corrected chi connectivity index (χ2v) is 14.3. The lowest BCUT2D eigenvalue weighted by Crippen LogP contribution is -2.51. The van der Waals surface area contributed by atoms with E-state index < -0.39 is 0 Å². The first-order valence-electron chi connectivity index (χ1n) is 17.1. The zero-order valence-corrected chi connectivity index (χ0v) is 29.4. The van der Waals surface area contributed by atoms with Gasteiger partial charge in [0.2, 0.25) is 0 Å². The lowest BCUT2D eigenvalue weighted by Gasteiger charge is -2.43. The first-order chi connectivity index (χ1) is 22.2. The largest absolute Gasteiger partial charge is 0.371 e. The van der Waals surface area contributed by atoms with Crippen LogP contribution >= 0.6 is 23.2 Å². The van der Waals surface area contributed by atoms with E-state index in [9.17, 15) is 9.59 Å². The summed E-state index contributed by atoms with van der Waals surface area (Å²) in [6, 6.07) is 2.96. The number of hydrogen-bond donors (Lipinski definition) is 1. The van der Waals surface area contributed by atoms with Gasteiger partial charge in [-0.1, -0.05) is 48.5 Å². The first kappa shape index (κ1) is 34.6. The second kappa shape index (κ2) is 15.9. The van der Waals surface area contributed by atoms with Crippen LogP contribution in [0.1, 0.15) is 95.8 Å². The van der Waals surface area contributed by atoms with E-state index in [1.807, 2.05) is 32.9 Å². The number of likely N-dealkylation sites (tertiary alicyclic amines) is 2. The summed E-state index contributed by atoms with van der Waals surface area (Å²) in [4.78, 5) is 41.4. The number of piperidine rings is 2. The number of carbonyl (C=O) groups is 2. The van der Waals surface area contributed by atoms with Crippen molar-refractivity contribution in [2.75, 3.05) is 37.6 Å². The van der Waals surface area contributed by atoms with Crippen molar-refractivity contribution in [2.45, 2.75) is 97.6 Å². The lowest BCUT2D eigenvalue weighted by molar-refractivity contribution is -0.111. The highest BCUT2D eigenvalue weighted by atomic mass is 35.5. The normalized spacial score (nSPS) is 25.0. The van der Waals surface area contributed by atoms with Crippen molar-refractivity contribution in [3.8, 4) is 0 Å². The molecule has 2 atom stereocenters. The van der Waals surface area contributed by atoms with Crippen LogP contribution in [0, 0.1) is 11.8 Å². The maximum Gasteiger partial charge on any atom is 0.258 e. The van der Waals surface area contributed by atoms with Crippen LogP contribution in [-0.2, 0) is 4.79 Å². The number of aliphatic imine (C=N–C) groups is 1. The van der Waals surface area contributed by atoms with Crippen LogP contribution in [0.3, 0.4) is 0 Å². The number of fused-ring (bicyclic) bond motifs is 1. The molecule has 1 amide bonds. The Kier molecular flexibility index (Phi) is 12.0. The molecule has 0 bridgehead atoms. The van der Waals surface area contributed by atoms with E-state index in [0.717, 1.165) is 55.2 Å². The minimum Gasteiger partial charge on any atom is -0.371 e. The number of nitrogens with zero attached hydrogens (tertiary/aromatic N) is 5. The molecule has 0 radical (unpaired) electrons. The molecule has 5 rings (SSSR count). The molecule has 1 saturated carbocycles. The highest BCUT2D eigenvalue weighted by Gasteiger charge is 2.42. The summed E-state index contributed by atoms with van der Waals surface area (Å²) in [5.74, 6) is 1.56. The smallest absolute Gasteiger partial charge is 0.258 e. The van der Waals surface area contributed by atoms with E-state index in [1.54, 1.807) is 12.3 Å². The average Bonchev–Trinajstić information content (AvgIpc) is 3.52. The van der Waals surface area contributed by atoms with Crippen molar-refractivity contribution < 1.29 is 9.59 Å². The zero-order valence-electron chi connectivity index (χ0n) is 27.9. The minimum atomic E-state index is -0.317. The Morgan fingerprint density at radius 1 is 1.02 bits per heavy atom. The molecule has 250 valence electrons. The van der Waals surface area contributed by atoms with Gasteiger partial charge in [0, 0.05) is 61.1 Å². The Hall–Kier alpha value is -2.68. The Bertz CT molecular complexity index is 1390. The van der Waals surface area contributed by atoms with Crippen LogP contribution in [0.15, 0.2) is 51.4 Å². The van der Waals surface area contributed by atoms with Gasteiger partial charge in [-0.15, -0.1) is 0 Å². The number of aldehydes is 1. The highest BCUT2D eigenvalue weighted by molar-refractivity contribution is 6.33. The number of amides is 1.